The van der Waals surface area contributed by atoms with E-state index >= 15 is 0 Å². The summed E-state index contributed by atoms with van der Waals surface area (Å²) in [6.45, 7) is 3.32. The monoisotopic (exact) mass is 342 g/mol. The van der Waals surface area contributed by atoms with Crippen LogP contribution in [0.2, 0.25) is 0 Å². The number of hydrogen-bond acceptors (Lipinski definition) is 4. The van der Waals surface area contributed by atoms with Crippen molar-refractivity contribution in [3.05, 3.63) is 56.7 Å². The van der Waals surface area contributed by atoms with Gasteiger partial charge in [0.15, 0.2) is 0 Å². The molecule has 3 N–H and O–H groups in total. The smallest absolute Gasteiger partial charge is 0.332 e. The molecule has 1 aromatic carbocycles. The molecule has 1 heterocycles. The summed E-state index contributed by atoms with van der Waals surface area (Å²) < 4.78 is 2.58. The number of rotatable bonds is 5. The molecule has 1 aliphatic carbocycles. The molecular formula is C19H26N4O2. The van der Waals surface area contributed by atoms with Crippen LogP contribution in [0.5, 0.6) is 0 Å². The minimum atomic E-state index is -0.397. The Morgan fingerprint density at radius 2 is 1.92 bits per heavy atom. The Kier molecular flexibility index (Phi) is 4.97. The molecule has 25 heavy (non-hydrogen) atoms. The number of nitrogen functional groups attached to an aromatic ring is 1. The molecule has 0 amide bonds. The lowest BCUT2D eigenvalue weighted by molar-refractivity contribution is 0.536. The molecule has 6 heteroatoms. The standard InChI is InChI=1S/C19H26N4O2/c1-13-8-9-15(10-13)11-21-16-17(20)23(19(25)22(2)18(16)24)12-14-6-4-3-5-7-14/h3-7,13,15,21H,8-12,20H2,1-2H3. The Hall–Kier alpha value is -2.50. The number of hydrogen-bond donors (Lipinski definition) is 2. The van der Waals surface area contributed by atoms with E-state index in [-0.39, 0.29) is 11.4 Å². The van der Waals surface area contributed by atoms with E-state index in [1.165, 1.54) is 18.0 Å². The minimum Gasteiger partial charge on any atom is -0.383 e. The van der Waals surface area contributed by atoms with Crippen molar-refractivity contribution < 1.29 is 0 Å². The van der Waals surface area contributed by atoms with Crippen molar-refractivity contribution in [3.8, 4) is 0 Å². The number of aromatic nitrogens is 2. The van der Waals surface area contributed by atoms with Gasteiger partial charge in [-0.15, -0.1) is 0 Å². The van der Waals surface area contributed by atoms with Crippen molar-refractivity contribution in [3.63, 3.8) is 0 Å². The summed E-state index contributed by atoms with van der Waals surface area (Å²) in [7, 11) is 1.49. The minimum absolute atomic E-state index is 0.211. The summed E-state index contributed by atoms with van der Waals surface area (Å²) in [4.78, 5) is 25.0. The van der Waals surface area contributed by atoms with Gasteiger partial charge in [-0.2, -0.15) is 0 Å². The normalized spacial score (nSPS) is 19.9. The Morgan fingerprint density at radius 3 is 2.56 bits per heavy atom. The molecule has 1 aromatic heterocycles. The van der Waals surface area contributed by atoms with Gasteiger partial charge < -0.3 is 11.1 Å². The molecule has 2 unspecified atom stereocenters. The molecule has 0 radical (unpaired) electrons. The summed E-state index contributed by atoms with van der Waals surface area (Å²) in [5, 5.41) is 3.22. The summed E-state index contributed by atoms with van der Waals surface area (Å²) in [6.07, 6.45) is 3.56. The fourth-order valence-corrected chi connectivity index (χ4v) is 3.62. The molecule has 1 fully saturated rings. The number of nitrogens with zero attached hydrogens (tertiary/aromatic N) is 2. The molecule has 2 aromatic rings. The third kappa shape index (κ3) is 3.62. The molecule has 0 aliphatic heterocycles. The van der Waals surface area contributed by atoms with Gasteiger partial charge in [0.05, 0.1) is 6.54 Å². The first kappa shape index (κ1) is 17.3. The van der Waals surface area contributed by atoms with E-state index in [2.05, 4.69) is 12.2 Å². The van der Waals surface area contributed by atoms with Crippen molar-refractivity contribution in [2.24, 2.45) is 18.9 Å². The Labute approximate surface area is 147 Å². The molecule has 0 spiro atoms. The number of nitrogens with one attached hydrogen (secondary N) is 1. The van der Waals surface area contributed by atoms with E-state index in [0.717, 1.165) is 28.9 Å². The lowest BCUT2D eigenvalue weighted by Gasteiger charge is -2.18. The van der Waals surface area contributed by atoms with E-state index in [9.17, 15) is 9.59 Å². The summed E-state index contributed by atoms with van der Waals surface area (Å²) in [5.74, 6) is 1.50. The molecule has 1 aliphatic rings. The third-order valence-electron chi connectivity index (χ3n) is 5.14. The first-order valence-electron chi connectivity index (χ1n) is 8.84. The first-order valence-corrected chi connectivity index (χ1v) is 8.84. The number of anilines is 2. The van der Waals surface area contributed by atoms with Crippen LogP contribution >= 0.6 is 0 Å². The van der Waals surface area contributed by atoms with Gasteiger partial charge in [-0.25, -0.2) is 4.79 Å². The molecule has 1 saturated carbocycles. The zero-order valence-electron chi connectivity index (χ0n) is 14.9. The highest BCUT2D eigenvalue weighted by Crippen LogP contribution is 2.30. The Morgan fingerprint density at radius 1 is 1.20 bits per heavy atom. The van der Waals surface area contributed by atoms with Gasteiger partial charge in [0.1, 0.15) is 11.5 Å². The van der Waals surface area contributed by atoms with Crippen LogP contribution in [-0.2, 0) is 13.6 Å². The molecule has 134 valence electrons. The van der Waals surface area contributed by atoms with E-state index in [1.807, 2.05) is 30.3 Å². The quantitative estimate of drug-likeness (QED) is 0.871. The molecule has 0 saturated heterocycles. The van der Waals surface area contributed by atoms with Crippen LogP contribution in [0.4, 0.5) is 11.5 Å². The van der Waals surface area contributed by atoms with Crippen molar-refractivity contribution in [1.29, 1.82) is 0 Å². The van der Waals surface area contributed by atoms with E-state index in [4.69, 9.17) is 5.73 Å². The Bertz CT molecular complexity index is 854. The topological polar surface area (TPSA) is 82.0 Å². The predicted octanol–water partition coefficient (Wildman–Crippen LogP) is 2.03. The van der Waals surface area contributed by atoms with Crippen molar-refractivity contribution in [1.82, 2.24) is 9.13 Å². The highest BCUT2D eigenvalue weighted by molar-refractivity contribution is 5.60. The van der Waals surface area contributed by atoms with Gasteiger partial charge in [-0.05, 0) is 30.2 Å². The van der Waals surface area contributed by atoms with Crippen LogP contribution in [-0.4, -0.2) is 15.7 Å². The van der Waals surface area contributed by atoms with Gasteiger partial charge in [0.2, 0.25) is 0 Å². The van der Waals surface area contributed by atoms with Gasteiger partial charge in [-0.3, -0.25) is 13.9 Å². The van der Waals surface area contributed by atoms with Crippen LogP contribution in [0.15, 0.2) is 39.9 Å². The second kappa shape index (κ2) is 7.17. The summed E-state index contributed by atoms with van der Waals surface area (Å²) in [5.41, 5.74) is 6.74. The van der Waals surface area contributed by atoms with E-state index < -0.39 is 5.69 Å². The largest absolute Gasteiger partial charge is 0.383 e. The van der Waals surface area contributed by atoms with Crippen molar-refractivity contribution >= 4 is 11.5 Å². The van der Waals surface area contributed by atoms with Gasteiger partial charge >= 0.3 is 5.69 Å². The third-order valence-corrected chi connectivity index (χ3v) is 5.14. The Balaban J connectivity index is 1.90. The van der Waals surface area contributed by atoms with Gasteiger partial charge in [-0.1, -0.05) is 43.7 Å². The molecule has 0 bridgehead atoms. The van der Waals surface area contributed by atoms with Gasteiger partial charge in [0.25, 0.3) is 5.56 Å². The number of benzene rings is 1. The number of nitrogens with two attached hydrogens (primary N) is 1. The molecular weight excluding hydrogens is 316 g/mol. The van der Waals surface area contributed by atoms with Crippen molar-refractivity contribution in [2.45, 2.75) is 32.7 Å². The lowest BCUT2D eigenvalue weighted by Crippen LogP contribution is -2.41. The summed E-state index contributed by atoms with van der Waals surface area (Å²) in [6, 6.07) is 9.62. The van der Waals surface area contributed by atoms with Crippen LogP contribution < -0.4 is 22.3 Å². The SMILES string of the molecule is CC1CCC(CNc2c(N)n(Cc3ccccc3)c(=O)n(C)c2=O)C1. The highest BCUT2D eigenvalue weighted by Gasteiger charge is 2.22. The highest BCUT2D eigenvalue weighted by atomic mass is 16.2. The van der Waals surface area contributed by atoms with Crippen molar-refractivity contribution in [2.75, 3.05) is 17.6 Å². The lowest BCUT2D eigenvalue weighted by atomic mass is 10.1. The summed E-state index contributed by atoms with van der Waals surface area (Å²) >= 11 is 0. The van der Waals surface area contributed by atoms with E-state index in [1.54, 1.807) is 0 Å². The molecule has 3 rings (SSSR count). The maximum absolute atomic E-state index is 12.5. The average molecular weight is 342 g/mol. The second-order valence-electron chi connectivity index (χ2n) is 7.14. The molecule has 2 atom stereocenters. The second-order valence-corrected chi connectivity index (χ2v) is 7.14. The maximum Gasteiger partial charge on any atom is 0.332 e. The fourth-order valence-electron chi connectivity index (χ4n) is 3.62. The predicted molar refractivity (Wildman–Crippen MR) is 101 cm³/mol. The molecule has 6 nitrogen and oxygen atoms in total. The van der Waals surface area contributed by atoms with Crippen LogP contribution in [0.25, 0.3) is 0 Å². The van der Waals surface area contributed by atoms with E-state index in [0.29, 0.717) is 24.7 Å². The van der Waals surface area contributed by atoms with Crippen LogP contribution in [0, 0.1) is 11.8 Å². The first-order chi connectivity index (χ1) is 12.0. The zero-order valence-corrected chi connectivity index (χ0v) is 14.9. The fraction of sp³-hybridized carbons (Fsp3) is 0.474. The zero-order chi connectivity index (χ0) is 18.0. The van der Waals surface area contributed by atoms with Crippen LogP contribution in [0.1, 0.15) is 31.7 Å². The maximum atomic E-state index is 12.5. The average Bonchev–Trinajstić information content (AvgIpc) is 3.03. The van der Waals surface area contributed by atoms with Crippen LogP contribution in [0.3, 0.4) is 0 Å². The van der Waals surface area contributed by atoms with Gasteiger partial charge in [0, 0.05) is 13.6 Å².